The fourth-order valence-corrected chi connectivity index (χ4v) is 3.28. The van der Waals surface area contributed by atoms with Crippen LogP contribution in [0.4, 0.5) is 5.69 Å². The third kappa shape index (κ3) is 4.74. The van der Waals surface area contributed by atoms with Crippen LogP contribution in [0, 0.1) is 5.92 Å². The zero-order valence-electron chi connectivity index (χ0n) is 15.1. The van der Waals surface area contributed by atoms with E-state index in [-0.39, 0.29) is 23.5 Å². The molecule has 1 aliphatic heterocycles. The standard InChI is InChI=1S/C21H21ClN2O3/c1-14(25)15-4-8-19(9-5-15)23-20(26)16-10-12-24(13-11-16)21(27)17-2-6-18(22)7-3-17/h2-9,16H,10-13H2,1H3,(H,23,26). The Kier molecular flexibility index (Phi) is 5.91. The molecule has 3 rings (SSSR count). The smallest absolute Gasteiger partial charge is 0.253 e. The highest BCUT2D eigenvalue weighted by Crippen LogP contribution is 2.22. The predicted molar refractivity (Wildman–Crippen MR) is 105 cm³/mol. The number of carbonyl (C=O) groups excluding carboxylic acids is 3. The van der Waals surface area contributed by atoms with Crippen molar-refractivity contribution in [1.82, 2.24) is 4.90 Å². The molecular formula is C21H21ClN2O3. The zero-order chi connectivity index (χ0) is 19.4. The minimum Gasteiger partial charge on any atom is -0.339 e. The summed E-state index contributed by atoms with van der Waals surface area (Å²) in [6.45, 7) is 2.60. The van der Waals surface area contributed by atoms with Crippen molar-refractivity contribution in [2.45, 2.75) is 19.8 Å². The van der Waals surface area contributed by atoms with Gasteiger partial charge in [0.2, 0.25) is 5.91 Å². The first-order valence-corrected chi connectivity index (χ1v) is 9.28. The number of Topliss-reactive ketones (excluding diaryl/α,β-unsaturated/α-hetero) is 1. The van der Waals surface area contributed by atoms with Gasteiger partial charge >= 0.3 is 0 Å². The lowest BCUT2D eigenvalue weighted by atomic mass is 9.95. The van der Waals surface area contributed by atoms with Crippen molar-refractivity contribution in [2.24, 2.45) is 5.92 Å². The molecule has 0 saturated carbocycles. The Labute approximate surface area is 163 Å². The Balaban J connectivity index is 1.53. The number of rotatable bonds is 4. The lowest BCUT2D eigenvalue weighted by Gasteiger charge is -2.31. The molecule has 6 heteroatoms. The van der Waals surface area contributed by atoms with Crippen LogP contribution in [0.5, 0.6) is 0 Å². The average molecular weight is 385 g/mol. The second-order valence-corrected chi connectivity index (χ2v) is 7.13. The third-order valence-electron chi connectivity index (χ3n) is 4.80. The van der Waals surface area contributed by atoms with Gasteiger partial charge in [-0.25, -0.2) is 0 Å². The van der Waals surface area contributed by atoms with Crippen LogP contribution >= 0.6 is 11.6 Å². The SMILES string of the molecule is CC(=O)c1ccc(NC(=O)C2CCN(C(=O)c3ccc(Cl)cc3)CC2)cc1. The molecule has 0 aromatic heterocycles. The maximum atomic E-state index is 12.5. The molecule has 1 aliphatic rings. The number of hydrogen-bond donors (Lipinski definition) is 1. The number of piperidine rings is 1. The molecule has 5 nitrogen and oxygen atoms in total. The van der Waals surface area contributed by atoms with E-state index in [4.69, 9.17) is 11.6 Å². The van der Waals surface area contributed by atoms with Gasteiger partial charge in [0.25, 0.3) is 5.91 Å². The summed E-state index contributed by atoms with van der Waals surface area (Å²) < 4.78 is 0. The number of amides is 2. The van der Waals surface area contributed by atoms with Gasteiger partial charge < -0.3 is 10.2 Å². The molecule has 1 saturated heterocycles. The largest absolute Gasteiger partial charge is 0.339 e. The van der Waals surface area contributed by atoms with Crippen LogP contribution in [0.1, 0.15) is 40.5 Å². The summed E-state index contributed by atoms with van der Waals surface area (Å²) >= 11 is 5.86. The molecule has 0 bridgehead atoms. The van der Waals surface area contributed by atoms with Gasteiger partial charge in [0.15, 0.2) is 5.78 Å². The minimum absolute atomic E-state index is 0.00870. The van der Waals surface area contributed by atoms with Crippen LogP contribution in [-0.2, 0) is 4.79 Å². The van der Waals surface area contributed by atoms with Crippen molar-refractivity contribution in [3.05, 3.63) is 64.7 Å². The second kappa shape index (κ2) is 8.35. The Bertz CT molecular complexity index is 839. The Hall–Kier alpha value is -2.66. The Morgan fingerprint density at radius 3 is 2.04 bits per heavy atom. The maximum Gasteiger partial charge on any atom is 0.253 e. The molecular weight excluding hydrogens is 364 g/mol. The number of nitrogens with one attached hydrogen (secondary N) is 1. The van der Waals surface area contributed by atoms with E-state index in [0.29, 0.717) is 47.8 Å². The molecule has 140 valence electrons. The number of ketones is 1. The van der Waals surface area contributed by atoms with Crippen LogP contribution in [0.25, 0.3) is 0 Å². The van der Waals surface area contributed by atoms with Crippen molar-refractivity contribution >= 4 is 34.9 Å². The predicted octanol–water partition coefficient (Wildman–Crippen LogP) is 4.03. The molecule has 1 heterocycles. The van der Waals surface area contributed by atoms with E-state index in [1.54, 1.807) is 53.4 Å². The van der Waals surface area contributed by atoms with Crippen molar-refractivity contribution in [3.63, 3.8) is 0 Å². The van der Waals surface area contributed by atoms with Gasteiger partial charge in [0.1, 0.15) is 0 Å². The van der Waals surface area contributed by atoms with Gasteiger partial charge in [0, 0.05) is 40.8 Å². The normalized spacial score (nSPS) is 14.7. The van der Waals surface area contributed by atoms with Crippen LogP contribution in [0.2, 0.25) is 5.02 Å². The quantitative estimate of drug-likeness (QED) is 0.809. The number of likely N-dealkylation sites (tertiary alicyclic amines) is 1. The summed E-state index contributed by atoms with van der Waals surface area (Å²) in [4.78, 5) is 38.1. The summed E-state index contributed by atoms with van der Waals surface area (Å²) in [6, 6.07) is 13.7. The molecule has 27 heavy (non-hydrogen) atoms. The van der Waals surface area contributed by atoms with Gasteiger partial charge in [-0.05, 0) is 68.3 Å². The van der Waals surface area contributed by atoms with Crippen LogP contribution in [0.15, 0.2) is 48.5 Å². The summed E-state index contributed by atoms with van der Waals surface area (Å²) in [5.41, 5.74) is 1.89. The van der Waals surface area contributed by atoms with Gasteiger partial charge in [-0.15, -0.1) is 0 Å². The monoisotopic (exact) mass is 384 g/mol. The molecule has 0 unspecified atom stereocenters. The summed E-state index contributed by atoms with van der Waals surface area (Å²) in [6.07, 6.45) is 1.24. The zero-order valence-corrected chi connectivity index (χ0v) is 15.8. The first-order chi connectivity index (χ1) is 12.9. The average Bonchev–Trinajstić information content (AvgIpc) is 2.68. The van der Waals surface area contributed by atoms with Crippen LogP contribution in [0.3, 0.4) is 0 Å². The Morgan fingerprint density at radius 2 is 1.48 bits per heavy atom. The lowest BCUT2D eigenvalue weighted by Crippen LogP contribution is -2.41. The van der Waals surface area contributed by atoms with Gasteiger partial charge in [-0.3, -0.25) is 14.4 Å². The molecule has 0 aliphatic carbocycles. The molecule has 1 fully saturated rings. The Morgan fingerprint density at radius 1 is 0.926 bits per heavy atom. The first-order valence-electron chi connectivity index (χ1n) is 8.91. The highest BCUT2D eigenvalue weighted by atomic mass is 35.5. The number of nitrogens with zero attached hydrogens (tertiary/aromatic N) is 1. The van der Waals surface area contributed by atoms with E-state index in [1.807, 2.05) is 0 Å². The number of hydrogen-bond acceptors (Lipinski definition) is 3. The molecule has 2 amide bonds. The van der Waals surface area contributed by atoms with Crippen molar-refractivity contribution in [3.8, 4) is 0 Å². The molecule has 0 radical (unpaired) electrons. The second-order valence-electron chi connectivity index (χ2n) is 6.70. The summed E-state index contributed by atoms with van der Waals surface area (Å²) in [5, 5.41) is 3.49. The highest BCUT2D eigenvalue weighted by molar-refractivity contribution is 6.30. The van der Waals surface area contributed by atoms with Gasteiger partial charge in [-0.1, -0.05) is 11.6 Å². The van der Waals surface area contributed by atoms with Crippen LogP contribution < -0.4 is 5.32 Å². The third-order valence-corrected chi connectivity index (χ3v) is 5.06. The van der Waals surface area contributed by atoms with Crippen LogP contribution in [-0.4, -0.2) is 35.6 Å². The van der Waals surface area contributed by atoms with Crippen molar-refractivity contribution < 1.29 is 14.4 Å². The fraction of sp³-hybridized carbons (Fsp3) is 0.286. The summed E-state index contributed by atoms with van der Waals surface area (Å²) in [5.74, 6) is -0.230. The minimum atomic E-state index is -0.133. The molecule has 2 aromatic rings. The van der Waals surface area contributed by atoms with E-state index in [1.165, 1.54) is 6.92 Å². The van der Waals surface area contributed by atoms with E-state index < -0.39 is 0 Å². The van der Waals surface area contributed by atoms with Crippen molar-refractivity contribution in [2.75, 3.05) is 18.4 Å². The number of halogens is 1. The molecule has 0 atom stereocenters. The van der Waals surface area contributed by atoms with Crippen molar-refractivity contribution in [1.29, 1.82) is 0 Å². The van der Waals surface area contributed by atoms with Gasteiger partial charge in [-0.2, -0.15) is 0 Å². The lowest BCUT2D eigenvalue weighted by molar-refractivity contribution is -0.121. The summed E-state index contributed by atoms with van der Waals surface area (Å²) in [7, 11) is 0. The maximum absolute atomic E-state index is 12.5. The number of benzene rings is 2. The number of carbonyl (C=O) groups is 3. The molecule has 0 spiro atoms. The van der Waals surface area contributed by atoms with E-state index in [9.17, 15) is 14.4 Å². The first kappa shape index (κ1) is 19.1. The highest BCUT2D eigenvalue weighted by Gasteiger charge is 2.27. The molecule has 2 aromatic carbocycles. The molecule has 1 N–H and O–H groups in total. The topological polar surface area (TPSA) is 66.5 Å². The number of anilines is 1. The van der Waals surface area contributed by atoms with E-state index >= 15 is 0 Å². The van der Waals surface area contributed by atoms with Gasteiger partial charge in [0.05, 0.1) is 0 Å². The fourth-order valence-electron chi connectivity index (χ4n) is 3.15. The van der Waals surface area contributed by atoms with E-state index in [0.717, 1.165) is 0 Å². The van der Waals surface area contributed by atoms with E-state index in [2.05, 4.69) is 5.32 Å².